The summed E-state index contributed by atoms with van der Waals surface area (Å²) in [5, 5.41) is 8.37. The Labute approximate surface area is 196 Å². The zero-order valence-electron chi connectivity index (χ0n) is 18.6. The Hall–Kier alpha value is -3.53. The largest absolute Gasteiger partial charge is 0.491 e. The molecule has 0 saturated heterocycles. The van der Waals surface area contributed by atoms with Crippen LogP contribution in [0.5, 0.6) is 17.2 Å². The number of carbonyl (C=O) groups excluding carboxylic acids is 3. The zero-order chi connectivity index (χ0) is 23.8. The summed E-state index contributed by atoms with van der Waals surface area (Å²) in [4.78, 5) is 40.4. The Morgan fingerprint density at radius 1 is 1.00 bits per heavy atom. The van der Waals surface area contributed by atoms with E-state index in [-0.39, 0.29) is 30.4 Å². The predicted molar refractivity (Wildman–Crippen MR) is 127 cm³/mol. The van der Waals surface area contributed by atoms with Crippen LogP contribution >= 0.6 is 11.8 Å². The molecule has 0 aromatic heterocycles. The maximum absolute atomic E-state index is 12.7. The SMILES string of the molecule is CNC(=O)CNC(=O)c1ccc(Oc2cc(OC(C)C)cc(C(=O)NC3=NCCS3)c2)cc1. The van der Waals surface area contributed by atoms with Crippen LogP contribution < -0.4 is 25.4 Å². The second kappa shape index (κ2) is 11.4. The molecule has 1 heterocycles. The molecule has 3 N–H and O–H groups in total. The first-order valence-corrected chi connectivity index (χ1v) is 11.4. The van der Waals surface area contributed by atoms with Crippen molar-refractivity contribution >= 4 is 34.7 Å². The van der Waals surface area contributed by atoms with Crippen molar-refractivity contribution in [2.45, 2.75) is 20.0 Å². The van der Waals surface area contributed by atoms with Crippen LogP contribution in [-0.2, 0) is 4.79 Å². The minimum atomic E-state index is -0.371. The molecule has 0 aliphatic carbocycles. The number of nitrogens with one attached hydrogen (secondary N) is 3. The molecule has 3 rings (SSSR count). The van der Waals surface area contributed by atoms with Crippen LogP contribution in [0, 0.1) is 0 Å². The van der Waals surface area contributed by atoms with Crippen molar-refractivity contribution in [1.82, 2.24) is 16.0 Å². The average molecular weight is 471 g/mol. The van der Waals surface area contributed by atoms with Gasteiger partial charge in [0.15, 0.2) is 5.17 Å². The van der Waals surface area contributed by atoms with E-state index in [1.807, 2.05) is 13.8 Å². The Kier molecular flexibility index (Phi) is 8.31. The molecule has 0 radical (unpaired) electrons. The third-order valence-corrected chi connectivity index (χ3v) is 5.25. The van der Waals surface area contributed by atoms with Gasteiger partial charge in [-0.1, -0.05) is 11.8 Å². The number of aliphatic imine (C=N–C) groups is 1. The summed E-state index contributed by atoms with van der Waals surface area (Å²) < 4.78 is 11.7. The highest BCUT2D eigenvalue weighted by atomic mass is 32.2. The van der Waals surface area contributed by atoms with Crippen molar-refractivity contribution in [3.63, 3.8) is 0 Å². The van der Waals surface area contributed by atoms with Crippen LogP contribution in [0.25, 0.3) is 0 Å². The lowest BCUT2D eigenvalue weighted by molar-refractivity contribution is -0.119. The zero-order valence-corrected chi connectivity index (χ0v) is 19.5. The Morgan fingerprint density at radius 3 is 2.36 bits per heavy atom. The fourth-order valence-corrected chi connectivity index (χ4v) is 3.57. The van der Waals surface area contributed by atoms with Crippen LogP contribution in [0.4, 0.5) is 0 Å². The first-order valence-electron chi connectivity index (χ1n) is 10.4. The molecule has 0 fully saturated rings. The molecule has 0 unspecified atom stereocenters. The van der Waals surface area contributed by atoms with E-state index in [0.717, 1.165) is 5.75 Å². The van der Waals surface area contributed by atoms with Crippen LogP contribution in [0.1, 0.15) is 34.6 Å². The number of hydrogen-bond donors (Lipinski definition) is 3. The number of carbonyl (C=O) groups is 3. The van der Waals surface area contributed by atoms with Gasteiger partial charge in [0, 0.05) is 30.0 Å². The Morgan fingerprint density at radius 2 is 1.73 bits per heavy atom. The lowest BCUT2D eigenvalue weighted by atomic mass is 10.1. The van der Waals surface area contributed by atoms with E-state index >= 15 is 0 Å². The molecule has 2 aromatic carbocycles. The third-order valence-electron chi connectivity index (χ3n) is 4.36. The van der Waals surface area contributed by atoms with Gasteiger partial charge >= 0.3 is 0 Å². The van der Waals surface area contributed by atoms with E-state index in [0.29, 0.717) is 40.1 Å². The average Bonchev–Trinajstić information content (AvgIpc) is 3.30. The molecular weight excluding hydrogens is 444 g/mol. The second-order valence-electron chi connectivity index (χ2n) is 7.33. The first-order chi connectivity index (χ1) is 15.8. The molecule has 33 heavy (non-hydrogen) atoms. The standard InChI is InChI=1S/C23H26N4O5S/c1-14(2)31-18-10-16(22(30)27-23-25-8-9-33-23)11-19(12-18)32-17-6-4-15(5-7-17)21(29)26-13-20(28)24-3/h4-7,10-12,14H,8-9,13H2,1-3H3,(H,24,28)(H,26,29)(H,25,27,30). The number of amides is 3. The van der Waals surface area contributed by atoms with Crippen LogP contribution in [0.3, 0.4) is 0 Å². The Bertz CT molecular complexity index is 1050. The second-order valence-corrected chi connectivity index (χ2v) is 8.42. The topological polar surface area (TPSA) is 118 Å². The minimum absolute atomic E-state index is 0.0847. The first kappa shape index (κ1) is 24.1. The van der Waals surface area contributed by atoms with E-state index < -0.39 is 0 Å². The maximum atomic E-state index is 12.7. The molecule has 0 saturated carbocycles. The summed E-state index contributed by atoms with van der Waals surface area (Å²) in [5.41, 5.74) is 0.765. The normalized spacial score (nSPS) is 12.7. The molecule has 2 aromatic rings. The van der Waals surface area contributed by atoms with Gasteiger partial charge in [-0.05, 0) is 50.2 Å². The van der Waals surface area contributed by atoms with Crippen molar-refractivity contribution in [3.8, 4) is 17.2 Å². The fraction of sp³-hybridized carbons (Fsp3) is 0.304. The van der Waals surface area contributed by atoms with Crippen LogP contribution in [0.15, 0.2) is 47.5 Å². The van der Waals surface area contributed by atoms with Gasteiger partial charge in [-0.25, -0.2) is 0 Å². The molecular formula is C23H26N4O5S. The molecule has 3 amide bonds. The molecule has 10 heteroatoms. The lowest BCUT2D eigenvalue weighted by Gasteiger charge is -2.14. The van der Waals surface area contributed by atoms with Crippen molar-refractivity contribution < 1.29 is 23.9 Å². The summed E-state index contributed by atoms with van der Waals surface area (Å²) in [7, 11) is 1.50. The summed E-state index contributed by atoms with van der Waals surface area (Å²) in [5.74, 6) is 1.27. The van der Waals surface area contributed by atoms with E-state index in [4.69, 9.17) is 9.47 Å². The number of likely N-dealkylation sites (N-methyl/N-ethyl adjacent to an activating group) is 1. The molecule has 1 aliphatic rings. The molecule has 0 bridgehead atoms. The van der Waals surface area contributed by atoms with Crippen LogP contribution in [-0.4, -0.2) is 54.9 Å². The highest BCUT2D eigenvalue weighted by molar-refractivity contribution is 8.14. The lowest BCUT2D eigenvalue weighted by Crippen LogP contribution is -2.35. The summed E-state index contributed by atoms with van der Waals surface area (Å²) >= 11 is 1.50. The summed E-state index contributed by atoms with van der Waals surface area (Å²) in [6.07, 6.45) is -0.0847. The monoisotopic (exact) mass is 470 g/mol. The van der Waals surface area contributed by atoms with Gasteiger partial charge in [0.2, 0.25) is 5.91 Å². The maximum Gasteiger partial charge on any atom is 0.257 e. The number of hydrogen-bond acceptors (Lipinski definition) is 7. The number of ether oxygens (including phenoxy) is 2. The van der Waals surface area contributed by atoms with Gasteiger partial charge in [0.25, 0.3) is 11.8 Å². The number of nitrogens with zero attached hydrogens (tertiary/aromatic N) is 1. The minimum Gasteiger partial charge on any atom is -0.491 e. The molecule has 0 spiro atoms. The molecule has 174 valence electrons. The van der Waals surface area contributed by atoms with Gasteiger partial charge in [-0.15, -0.1) is 0 Å². The molecule has 1 aliphatic heterocycles. The van der Waals surface area contributed by atoms with E-state index in [1.165, 1.54) is 18.8 Å². The number of thioether (sulfide) groups is 1. The van der Waals surface area contributed by atoms with Gasteiger partial charge < -0.3 is 25.4 Å². The highest BCUT2D eigenvalue weighted by Crippen LogP contribution is 2.28. The molecule has 0 atom stereocenters. The van der Waals surface area contributed by atoms with E-state index in [2.05, 4.69) is 20.9 Å². The summed E-state index contributed by atoms with van der Waals surface area (Å²) in [6, 6.07) is 11.4. The highest BCUT2D eigenvalue weighted by Gasteiger charge is 2.16. The third kappa shape index (κ3) is 7.25. The van der Waals surface area contributed by atoms with E-state index in [1.54, 1.807) is 42.5 Å². The van der Waals surface area contributed by atoms with Gasteiger partial charge in [0.05, 0.1) is 19.2 Å². The van der Waals surface area contributed by atoms with Crippen molar-refractivity contribution in [2.24, 2.45) is 4.99 Å². The fourth-order valence-electron chi connectivity index (χ4n) is 2.84. The predicted octanol–water partition coefficient (Wildman–Crippen LogP) is 2.57. The quantitative estimate of drug-likeness (QED) is 0.546. The van der Waals surface area contributed by atoms with Crippen molar-refractivity contribution in [1.29, 1.82) is 0 Å². The number of rotatable bonds is 8. The van der Waals surface area contributed by atoms with E-state index in [9.17, 15) is 14.4 Å². The van der Waals surface area contributed by atoms with Crippen molar-refractivity contribution in [2.75, 3.05) is 25.9 Å². The van der Waals surface area contributed by atoms with Gasteiger partial charge in [-0.3, -0.25) is 19.4 Å². The number of amidine groups is 1. The number of benzene rings is 2. The summed E-state index contributed by atoms with van der Waals surface area (Å²) in [6.45, 7) is 4.37. The van der Waals surface area contributed by atoms with Gasteiger partial charge in [-0.2, -0.15) is 0 Å². The van der Waals surface area contributed by atoms with Crippen LogP contribution in [0.2, 0.25) is 0 Å². The van der Waals surface area contributed by atoms with Crippen molar-refractivity contribution in [3.05, 3.63) is 53.6 Å². The molecule has 9 nitrogen and oxygen atoms in total. The Balaban J connectivity index is 1.73. The van der Waals surface area contributed by atoms with Gasteiger partial charge in [0.1, 0.15) is 17.2 Å². The smallest absolute Gasteiger partial charge is 0.257 e.